The largest absolute Gasteiger partial charge is 0.504 e. The molecule has 0 saturated carbocycles. The Morgan fingerprint density at radius 2 is 1.77 bits per heavy atom. The Labute approximate surface area is 177 Å². The number of phenolic OH excluding ortho intramolecular Hbond substituents is 2. The molecule has 1 amide bonds. The fourth-order valence-corrected chi connectivity index (χ4v) is 3.92. The molecule has 8 heteroatoms. The van der Waals surface area contributed by atoms with Gasteiger partial charge in [-0.1, -0.05) is 23.7 Å². The first-order valence-corrected chi connectivity index (χ1v) is 9.71. The van der Waals surface area contributed by atoms with Crippen molar-refractivity contribution in [3.05, 3.63) is 70.7 Å². The van der Waals surface area contributed by atoms with Gasteiger partial charge in [0.05, 0.1) is 16.3 Å². The average molecular weight is 425 g/mol. The fraction of sp³-hybridized carbons (Fsp3) is 0.136. The Hall–Kier alpha value is -3.58. The van der Waals surface area contributed by atoms with Crippen LogP contribution in [0, 0.1) is 0 Å². The molecule has 3 aromatic carbocycles. The van der Waals surface area contributed by atoms with Crippen molar-refractivity contribution in [2.45, 2.75) is 6.17 Å². The number of hydrogen-bond acceptors (Lipinski definition) is 6. The number of carbonyl (C=O) groups is 1. The van der Waals surface area contributed by atoms with Crippen molar-refractivity contribution >= 4 is 28.9 Å². The lowest BCUT2D eigenvalue weighted by Gasteiger charge is -2.38. The number of phenols is 2. The highest BCUT2D eigenvalue weighted by Crippen LogP contribution is 2.43. The minimum atomic E-state index is -0.682. The summed E-state index contributed by atoms with van der Waals surface area (Å²) in [7, 11) is 0. The van der Waals surface area contributed by atoms with E-state index in [9.17, 15) is 15.0 Å². The second kappa shape index (κ2) is 7.03. The third-order valence-corrected chi connectivity index (χ3v) is 5.40. The van der Waals surface area contributed by atoms with Crippen molar-refractivity contribution in [1.82, 2.24) is 0 Å². The molecule has 0 bridgehead atoms. The molecule has 2 aliphatic rings. The zero-order valence-corrected chi connectivity index (χ0v) is 16.4. The Kier molecular flexibility index (Phi) is 4.33. The molecule has 0 aliphatic carbocycles. The summed E-state index contributed by atoms with van der Waals surface area (Å²) in [5, 5.41) is 23.2. The van der Waals surface area contributed by atoms with Crippen molar-refractivity contribution < 1.29 is 24.5 Å². The van der Waals surface area contributed by atoms with E-state index in [1.54, 1.807) is 35.2 Å². The lowest BCUT2D eigenvalue weighted by Crippen LogP contribution is -2.43. The van der Waals surface area contributed by atoms with Gasteiger partial charge in [-0.05, 0) is 36.4 Å². The number of nitrogens with zero attached hydrogens (tertiary/aromatic N) is 1. The first kappa shape index (κ1) is 18.4. The third kappa shape index (κ3) is 2.95. The van der Waals surface area contributed by atoms with Gasteiger partial charge in [-0.25, -0.2) is 0 Å². The molecule has 152 valence electrons. The van der Waals surface area contributed by atoms with Gasteiger partial charge in [-0.2, -0.15) is 0 Å². The number of fused-ring (bicyclic) bond motifs is 2. The van der Waals surface area contributed by atoms with Crippen molar-refractivity contribution in [3.63, 3.8) is 0 Å². The third-order valence-electron chi connectivity index (χ3n) is 5.11. The van der Waals surface area contributed by atoms with Crippen LogP contribution in [0.15, 0.2) is 54.6 Å². The summed E-state index contributed by atoms with van der Waals surface area (Å²) >= 11 is 6.09. The van der Waals surface area contributed by atoms with E-state index < -0.39 is 11.9 Å². The average Bonchev–Trinajstić information content (AvgIpc) is 2.77. The van der Waals surface area contributed by atoms with Gasteiger partial charge in [0.15, 0.2) is 23.0 Å². The number of ether oxygens (including phenoxy) is 2. The van der Waals surface area contributed by atoms with Crippen molar-refractivity contribution in [1.29, 1.82) is 0 Å². The fourth-order valence-electron chi connectivity index (χ4n) is 3.70. The highest BCUT2D eigenvalue weighted by atomic mass is 35.5. The number of amides is 1. The van der Waals surface area contributed by atoms with Gasteiger partial charge >= 0.3 is 0 Å². The molecule has 30 heavy (non-hydrogen) atoms. The number of anilines is 2. The van der Waals surface area contributed by atoms with Crippen LogP contribution in [0.2, 0.25) is 5.02 Å². The minimum Gasteiger partial charge on any atom is -0.504 e. The predicted octanol–water partition coefficient (Wildman–Crippen LogP) is 4.29. The maximum Gasteiger partial charge on any atom is 0.262 e. The number of aromatic hydroxyl groups is 2. The van der Waals surface area contributed by atoms with Gasteiger partial charge in [-0.3, -0.25) is 9.69 Å². The molecule has 7 nitrogen and oxygen atoms in total. The summed E-state index contributed by atoms with van der Waals surface area (Å²) in [5.74, 6) is 0.164. The van der Waals surface area contributed by atoms with E-state index in [1.165, 1.54) is 12.1 Å². The number of benzene rings is 3. The molecule has 3 N–H and O–H groups in total. The summed E-state index contributed by atoms with van der Waals surface area (Å²) in [6, 6.07) is 15.4. The monoisotopic (exact) mass is 424 g/mol. The van der Waals surface area contributed by atoms with E-state index >= 15 is 0 Å². The molecule has 1 atom stereocenters. The van der Waals surface area contributed by atoms with Gasteiger partial charge in [0.1, 0.15) is 19.4 Å². The second-order valence-electron chi connectivity index (χ2n) is 6.97. The van der Waals surface area contributed by atoms with Crippen molar-refractivity contribution in [2.24, 2.45) is 0 Å². The molecule has 2 aliphatic heterocycles. The number of para-hydroxylation sites is 1. The van der Waals surface area contributed by atoms with E-state index in [0.717, 1.165) is 0 Å². The maximum absolute atomic E-state index is 13.5. The quantitative estimate of drug-likeness (QED) is 0.531. The Morgan fingerprint density at radius 1 is 1.00 bits per heavy atom. The number of hydrogen-bond donors (Lipinski definition) is 3. The van der Waals surface area contributed by atoms with Crippen LogP contribution < -0.4 is 19.7 Å². The Bertz CT molecular complexity index is 1140. The standard InChI is InChI=1S/C22H17ClN2O5/c23-15-9-12(10-17(26)20(15)27)21-24-16-4-2-1-3-14(16)22(28)25(21)13-5-6-18-19(11-13)30-8-7-29-18/h1-6,9-11,21,24,26-27H,7-8H2. The van der Waals surface area contributed by atoms with Crippen LogP contribution in [0.1, 0.15) is 22.1 Å². The van der Waals surface area contributed by atoms with Crippen molar-refractivity contribution in [3.8, 4) is 23.0 Å². The summed E-state index contributed by atoms with van der Waals surface area (Å²) in [6.45, 7) is 0.897. The molecule has 0 spiro atoms. The number of halogens is 1. The van der Waals surface area contributed by atoms with E-state index in [0.29, 0.717) is 47.2 Å². The smallest absolute Gasteiger partial charge is 0.262 e. The molecule has 1 unspecified atom stereocenters. The summed E-state index contributed by atoms with van der Waals surface area (Å²) in [4.78, 5) is 15.0. The molecule has 0 saturated heterocycles. The van der Waals surface area contributed by atoms with Crippen LogP contribution in [0.4, 0.5) is 11.4 Å². The molecule has 2 heterocycles. The van der Waals surface area contributed by atoms with Gasteiger partial charge in [-0.15, -0.1) is 0 Å². The molecule has 0 fully saturated rings. The topological polar surface area (TPSA) is 91.3 Å². The number of rotatable bonds is 2. The predicted molar refractivity (Wildman–Crippen MR) is 112 cm³/mol. The molecular weight excluding hydrogens is 408 g/mol. The normalized spacial score (nSPS) is 17.3. The van der Waals surface area contributed by atoms with E-state index in [4.69, 9.17) is 21.1 Å². The molecule has 3 aromatic rings. The summed E-state index contributed by atoms with van der Waals surface area (Å²) < 4.78 is 11.3. The SMILES string of the molecule is O=C1c2ccccc2NC(c2cc(O)c(O)c(Cl)c2)N1c1ccc2c(c1)OCCO2. The molecule has 5 rings (SSSR count). The van der Waals surface area contributed by atoms with Crippen LogP contribution in [0.3, 0.4) is 0 Å². The molecular formula is C22H17ClN2O5. The van der Waals surface area contributed by atoms with Gasteiger partial charge in [0, 0.05) is 17.3 Å². The Morgan fingerprint density at radius 3 is 2.57 bits per heavy atom. The van der Waals surface area contributed by atoms with Crippen LogP contribution in [0.25, 0.3) is 0 Å². The lowest BCUT2D eigenvalue weighted by atomic mass is 10.0. The van der Waals surface area contributed by atoms with Crippen molar-refractivity contribution in [2.75, 3.05) is 23.4 Å². The second-order valence-corrected chi connectivity index (χ2v) is 7.37. The van der Waals surface area contributed by atoms with Crippen LogP contribution in [0.5, 0.6) is 23.0 Å². The van der Waals surface area contributed by atoms with Gasteiger partial charge < -0.3 is 25.0 Å². The maximum atomic E-state index is 13.5. The Balaban J connectivity index is 1.66. The van der Waals surface area contributed by atoms with E-state index in [2.05, 4.69) is 5.32 Å². The van der Waals surface area contributed by atoms with E-state index in [-0.39, 0.29) is 16.7 Å². The minimum absolute atomic E-state index is 0.0137. The number of carbonyl (C=O) groups excluding carboxylic acids is 1. The van der Waals surface area contributed by atoms with Gasteiger partial charge in [0.25, 0.3) is 5.91 Å². The zero-order chi connectivity index (χ0) is 20.8. The van der Waals surface area contributed by atoms with E-state index in [1.807, 2.05) is 12.1 Å². The number of nitrogens with one attached hydrogen (secondary N) is 1. The van der Waals surface area contributed by atoms with Crippen LogP contribution in [-0.4, -0.2) is 29.3 Å². The van der Waals surface area contributed by atoms with Crippen LogP contribution >= 0.6 is 11.6 Å². The highest BCUT2D eigenvalue weighted by molar-refractivity contribution is 6.32. The van der Waals surface area contributed by atoms with Crippen LogP contribution in [-0.2, 0) is 0 Å². The molecule has 0 radical (unpaired) electrons. The summed E-state index contributed by atoms with van der Waals surface area (Å²) in [6.07, 6.45) is -0.682. The van der Waals surface area contributed by atoms with Gasteiger partial charge in [0.2, 0.25) is 0 Å². The lowest BCUT2D eigenvalue weighted by molar-refractivity contribution is 0.0974. The molecule has 0 aromatic heterocycles. The summed E-state index contributed by atoms with van der Waals surface area (Å²) in [5.41, 5.74) is 2.26. The zero-order valence-electron chi connectivity index (χ0n) is 15.6. The highest BCUT2D eigenvalue weighted by Gasteiger charge is 2.35. The first-order chi connectivity index (χ1) is 14.5. The first-order valence-electron chi connectivity index (χ1n) is 9.33.